The highest BCUT2D eigenvalue weighted by Crippen LogP contribution is 2.35. The third-order valence-electron chi connectivity index (χ3n) is 6.70. The van der Waals surface area contributed by atoms with Crippen molar-refractivity contribution in [3.8, 4) is 0 Å². The number of rotatable bonds is 8. The van der Waals surface area contributed by atoms with Gasteiger partial charge in [0.25, 0.3) is 0 Å². The molecular weight excluding hydrogens is 377 g/mol. The summed E-state index contributed by atoms with van der Waals surface area (Å²) in [7, 11) is 3.86. The summed E-state index contributed by atoms with van der Waals surface area (Å²) >= 11 is 0. The molecule has 2 N–H and O–H groups in total. The van der Waals surface area contributed by atoms with Crippen LogP contribution in [0.25, 0.3) is 0 Å². The standard InChI is InChI=1S/C25H34FN3O/c1-4-22(19-8-6-5-7-9-19)23(18-27-2)24(30)29-16-14-25(28-3,15-17-29)20-10-12-21(26)13-11-20/h5-13,22-23,27-28H,4,14-18H2,1-3H3. The zero-order chi connectivity index (χ0) is 21.6. The Balaban J connectivity index is 1.75. The molecule has 30 heavy (non-hydrogen) atoms. The SMILES string of the molecule is CCC(c1ccccc1)C(CNC)C(=O)N1CCC(NC)(c2ccc(F)cc2)CC1. The van der Waals surface area contributed by atoms with E-state index in [1.165, 1.54) is 17.7 Å². The number of hydrogen-bond donors (Lipinski definition) is 2. The molecule has 1 saturated heterocycles. The minimum absolute atomic E-state index is 0.0877. The fraction of sp³-hybridized carbons (Fsp3) is 0.480. The van der Waals surface area contributed by atoms with Crippen molar-refractivity contribution in [3.05, 3.63) is 71.5 Å². The van der Waals surface area contributed by atoms with Gasteiger partial charge in [0.05, 0.1) is 5.92 Å². The van der Waals surface area contributed by atoms with Gasteiger partial charge in [-0.05, 0) is 62.5 Å². The predicted molar refractivity (Wildman–Crippen MR) is 120 cm³/mol. The van der Waals surface area contributed by atoms with Gasteiger partial charge in [-0.15, -0.1) is 0 Å². The van der Waals surface area contributed by atoms with Crippen LogP contribution in [-0.2, 0) is 10.3 Å². The summed E-state index contributed by atoms with van der Waals surface area (Å²) in [5, 5.41) is 6.69. The monoisotopic (exact) mass is 411 g/mol. The van der Waals surface area contributed by atoms with Crippen LogP contribution in [-0.4, -0.2) is 44.5 Å². The van der Waals surface area contributed by atoms with Gasteiger partial charge in [0.1, 0.15) is 5.82 Å². The van der Waals surface area contributed by atoms with Crippen LogP contribution in [0.1, 0.15) is 43.2 Å². The van der Waals surface area contributed by atoms with Gasteiger partial charge >= 0.3 is 0 Å². The van der Waals surface area contributed by atoms with Crippen LogP contribution < -0.4 is 10.6 Å². The zero-order valence-electron chi connectivity index (χ0n) is 18.3. The molecule has 1 aliphatic rings. The molecule has 1 heterocycles. The number of nitrogens with zero attached hydrogens (tertiary/aromatic N) is 1. The van der Waals surface area contributed by atoms with Crippen molar-refractivity contribution in [2.45, 2.75) is 37.6 Å². The van der Waals surface area contributed by atoms with Crippen LogP contribution in [0.3, 0.4) is 0 Å². The molecular formula is C25H34FN3O. The lowest BCUT2D eigenvalue weighted by molar-refractivity contribution is -0.138. The summed E-state index contributed by atoms with van der Waals surface area (Å²) in [6.07, 6.45) is 2.55. The van der Waals surface area contributed by atoms with Crippen molar-refractivity contribution in [2.24, 2.45) is 5.92 Å². The topological polar surface area (TPSA) is 44.4 Å². The van der Waals surface area contributed by atoms with Gasteiger partial charge in [-0.25, -0.2) is 4.39 Å². The Morgan fingerprint density at radius 1 is 1.07 bits per heavy atom. The Kier molecular flexibility index (Phi) is 7.62. The number of amides is 1. The molecule has 1 aliphatic heterocycles. The maximum Gasteiger partial charge on any atom is 0.227 e. The van der Waals surface area contributed by atoms with Gasteiger partial charge in [0.15, 0.2) is 0 Å². The minimum Gasteiger partial charge on any atom is -0.342 e. The molecule has 0 bridgehead atoms. The highest BCUT2D eigenvalue weighted by atomic mass is 19.1. The van der Waals surface area contributed by atoms with E-state index in [2.05, 4.69) is 29.7 Å². The smallest absolute Gasteiger partial charge is 0.227 e. The average Bonchev–Trinajstić information content (AvgIpc) is 2.80. The van der Waals surface area contributed by atoms with Crippen molar-refractivity contribution >= 4 is 5.91 Å². The van der Waals surface area contributed by atoms with E-state index in [0.717, 1.165) is 24.8 Å². The number of carbonyl (C=O) groups excluding carboxylic acids is 1. The molecule has 0 aliphatic carbocycles. The van der Waals surface area contributed by atoms with Crippen LogP contribution in [0.15, 0.2) is 54.6 Å². The highest BCUT2D eigenvalue weighted by molar-refractivity contribution is 5.80. The quantitative estimate of drug-likeness (QED) is 0.693. The van der Waals surface area contributed by atoms with Crippen LogP contribution in [0.4, 0.5) is 4.39 Å². The van der Waals surface area contributed by atoms with E-state index < -0.39 is 0 Å². The zero-order valence-corrected chi connectivity index (χ0v) is 18.3. The predicted octanol–water partition coefficient (Wildman–Crippen LogP) is 3.89. The molecule has 1 amide bonds. The van der Waals surface area contributed by atoms with Crippen molar-refractivity contribution < 1.29 is 9.18 Å². The fourth-order valence-corrected chi connectivity index (χ4v) is 4.87. The Bertz CT molecular complexity index is 801. The van der Waals surface area contributed by atoms with E-state index in [1.54, 1.807) is 0 Å². The summed E-state index contributed by atoms with van der Waals surface area (Å²) in [4.78, 5) is 15.6. The molecule has 3 rings (SSSR count). The summed E-state index contributed by atoms with van der Waals surface area (Å²) in [6, 6.07) is 17.1. The second kappa shape index (κ2) is 10.2. The van der Waals surface area contributed by atoms with Crippen molar-refractivity contribution in [2.75, 3.05) is 33.7 Å². The molecule has 2 atom stereocenters. The third-order valence-corrected chi connectivity index (χ3v) is 6.70. The first-order valence-electron chi connectivity index (χ1n) is 11.0. The largest absolute Gasteiger partial charge is 0.342 e. The van der Waals surface area contributed by atoms with Crippen molar-refractivity contribution in [3.63, 3.8) is 0 Å². The van der Waals surface area contributed by atoms with Gasteiger partial charge in [-0.2, -0.15) is 0 Å². The summed E-state index contributed by atoms with van der Waals surface area (Å²) < 4.78 is 13.4. The molecule has 1 fully saturated rings. The van der Waals surface area contributed by atoms with E-state index in [0.29, 0.717) is 19.6 Å². The van der Waals surface area contributed by atoms with Crippen LogP contribution >= 0.6 is 0 Å². The number of carbonyl (C=O) groups is 1. The van der Waals surface area contributed by atoms with Gasteiger partial charge in [-0.3, -0.25) is 4.79 Å². The lowest BCUT2D eigenvalue weighted by atomic mass is 9.79. The Hall–Kier alpha value is -2.24. The van der Waals surface area contributed by atoms with E-state index in [9.17, 15) is 9.18 Å². The number of likely N-dealkylation sites (tertiary alicyclic amines) is 1. The molecule has 0 aromatic heterocycles. The highest BCUT2D eigenvalue weighted by Gasteiger charge is 2.39. The van der Waals surface area contributed by atoms with Gasteiger partial charge in [-0.1, -0.05) is 49.4 Å². The Morgan fingerprint density at radius 3 is 2.23 bits per heavy atom. The third kappa shape index (κ3) is 4.73. The summed E-state index contributed by atoms with van der Waals surface area (Å²) in [5.74, 6) is 0.109. The second-order valence-electron chi connectivity index (χ2n) is 8.25. The number of nitrogens with one attached hydrogen (secondary N) is 2. The molecule has 2 aromatic carbocycles. The first-order valence-corrected chi connectivity index (χ1v) is 11.0. The summed E-state index contributed by atoms with van der Waals surface area (Å²) in [6.45, 7) is 4.22. The fourth-order valence-electron chi connectivity index (χ4n) is 4.87. The molecule has 2 unspecified atom stereocenters. The maximum absolute atomic E-state index is 13.6. The molecule has 2 aromatic rings. The number of piperidine rings is 1. The molecule has 4 nitrogen and oxygen atoms in total. The number of halogens is 1. The molecule has 0 spiro atoms. The normalized spacial score (nSPS) is 18.1. The van der Waals surface area contributed by atoms with Crippen molar-refractivity contribution in [1.29, 1.82) is 0 Å². The Morgan fingerprint density at radius 2 is 1.70 bits per heavy atom. The first kappa shape index (κ1) is 22.4. The molecule has 5 heteroatoms. The second-order valence-corrected chi connectivity index (χ2v) is 8.25. The van der Waals surface area contributed by atoms with Gasteiger partial charge < -0.3 is 15.5 Å². The first-order chi connectivity index (χ1) is 14.5. The van der Waals surface area contributed by atoms with Crippen LogP contribution in [0.5, 0.6) is 0 Å². The van der Waals surface area contributed by atoms with E-state index in [4.69, 9.17) is 0 Å². The van der Waals surface area contributed by atoms with E-state index in [1.807, 2.05) is 49.3 Å². The van der Waals surface area contributed by atoms with E-state index >= 15 is 0 Å². The Labute approximate surface area is 179 Å². The lowest BCUT2D eigenvalue weighted by Crippen LogP contribution is -2.53. The maximum atomic E-state index is 13.6. The molecule has 0 saturated carbocycles. The van der Waals surface area contributed by atoms with Crippen LogP contribution in [0.2, 0.25) is 0 Å². The average molecular weight is 412 g/mol. The molecule has 162 valence electrons. The lowest BCUT2D eigenvalue weighted by Gasteiger charge is -2.43. The minimum atomic E-state index is -0.223. The summed E-state index contributed by atoms with van der Waals surface area (Å²) in [5.41, 5.74) is 2.09. The number of benzene rings is 2. The van der Waals surface area contributed by atoms with Crippen molar-refractivity contribution in [1.82, 2.24) is 15.5 Å². The number of hydrogen-bond acceptors (Lipinski definition) is 3. The van der Waals surface area contributed by atoms with Crippen LogP contribution in [0, 0.1) is 11.7 Å². The van der Waals surface area contributed by atoms with E-state index in [-0.39, 0.29) is 29.1 Å². The van der Waals surface area contributed by atoms with Gasteiger partial charge in [0, 0.05) is 25.2 Å². The van der Waals surface area contributed by atoms with Gasteiger partial charge in [0.2, 0.25) is 5.91 Å². The molecule has 0 radical (unpaired) electrons.